The Balaban J connectivity index is 1.80. The minimum absolute atomic E-state index is 0.266. The van der Waals surface area contributed by atoms with Crippen LogP contribution in [0.3, 0.4) is 0 Å². The monoisotopic (exact) mass is 268 g/mol. The molecular formula is C15H28N2O2. The van der Waals surface area contributed by atoms with Crippen LogP contribution in [0.1, 0.15) is 45.4 Å². The second kappa shape index (κ2) is 7.25. The van der Waals surface area contributed by atoms with Gasteiger partial charge < -0.3 is 10.0 Å². The van der Waals surface area contributed by atoms with Crippen molar-refractivity contribution in [3.63, 3.8) is 0 Å². The van der Waals surface area contributed by atoms with Crippen molar-refractivity contribution in [3.8, 4) is 0 Å². The summed E-state index contributed by atoms with van der Waals surface area (Å²) in [6, 6.07) is 0.512. The molecule has 2 rings (SSSR count). The number of hydrogen-bond donors (Lipinski definition) is 1. The van der Waals surface area contributed by atoms with Gasteiger partial charge in [-0.15, -0.1) is 0 Å². The van der Waals surface area contributed by atoms with Gasteiger partial charge in [0.25, 0.3) is 0 Å². The lowest BCUT2D eigenvalue weighted by Gasteiger charge is -2.33. The van der Waals surface area contributed by atoms with Crippen LogP contribution in [0.25, 0.3) is 0 Å². The first-order chi connectivity index (χ1) is 9.20. The van der Waals surface area contributed by atoms with Crippen LogP contribution in [0.15, 0.2) is 0 Å². The largest absolute Gasteiger partial charge is 0.396 e. The molecule has 0 radical (unpaired) electrons. The van der Waals surface area contributed by atoms with Gasteiger partial charge in [-0.1, -0.05) is 6.92 Å². The topological polar surface area (TPSA) is 43.8 Å². The normalized spacial score (nSPS) is 28.8. The van der Waals surface area contributed by atoms with Crippen LogP contribution in [-0.4, -0.2) is 59.6 Å². The van der Waals surface area contributed by atoms with E-state index >= 15 is 0 Å². The molecule has 19 heavy (non-hydrogen) atoms. The number of carbonyl (C=O) groups excluding carboxylic acids is 1. The van der Waals surface area contributed by atoms with Gasteiger partial charge in [-0.05, 0) is 51.0 Å². The number of aliphatic hydroxyl groups excluding tert-OH is 1. The van der Waals surface area contributed by atoms with Crippen LogP contribution >= 0.6 is 0 Å². The van der Waals surface area contributed by atoms with E-state index in [0.29, 0.717) is 24.4 Å². The van der Waals surface area contributed by atoms with Crippen molar-refractivity contribution in [1.29, 1.82) is 0 Å². The zero-order chi connectivity index (χ0) is 13.7. The van der Waals surface area contributed by atoms with Gasteiger partial charge in [0, 0.05) is 25.7 Å². The average Bonchev–Trinajstić information content (AvgIpc) is 2.83. The third-order valence-electron chi connectivity index (χ3n) is 4.54. The van der Waals surface area contributed by atoms with Crippen molar-refractivity contribution >= 4 is 5.91 Å². The Bertz CT molecular complexity index is 296. The maximum Gasteiger partial charge on any atom is 0.236 e. The molecule has 2 aliphatic rings. The highest BCUT2D eigenvalue weighted by atomic mass is 16.3. The summed E-state index contributed by atoms with van der Waals surface area (Å²) < 4.78 is 0. The fourth-order valence-corrected chi connectivity index (χ4v) is 3.45. The standard InChI is InChI=1S/C15H28N2O2/c1-13-5-2-9-17(11-13)15(19)12-16-8-3-6-14(16)7-4-10-18/h13-14,18H,2-12H2,1H3. The van der Waals surface area contributed by atoms with Crippen LogP contribution in [0.4, 0.5) is 0 Å². The molecule has 0 saturated carbocycles. The molecule has 0 aliphatic carbocycles. The molecule has 0 bridgehead atoms. The predicted molar refractivity (Wildman–Crippen MR) is 75.9 cm³/mol. The molecule has 0 spiro atoms. The molecule has 110 valence electrons. The van der Waals surface area contributed by atoms with Gasteiger partial charge in [-0.3, -0.25) is 9.69 Å². The van der Waals surface area contributed by atoms with Crippen molar-refractivity contribution in [1.82, 2.24) is 9.80 Å². The number of likely N-dealkylation sites (tertiary alicyclic amines) is 2. The number of amides is 1. The van der Waals surface area contributed by atoms with Gasteiger partial charge in [-0.2, -0.15) is 0 Å². The summed E-state index contributed by atoms with van der Waals surface area (Å²) in [5.41, 5.74) is 0. The Labute approximate surface area is 116 Å². The molecule has 2 aliphatic heterocycles. The Kier molecular flexibility index (Phi) is 5.64. The Morgan fingerprint density at radius 2 is 2.05 bits per heavy atom. The molecule has 4 heteroatoms. The predicted octanol–water partition coefficient (Wildman–Crippen LogP) is 1.48. The average molecular weight is 268 g/mol. The van der Waals surface area contributed by atoms with Gasteiger partial charge in [0.05, 0.1) is 6.54 Å². The van der Waals surface area contributed by atoms with Crippen LogP contribution in [0.2, 0.25) is 0 Å². The van der Waals surface area contributed by atoms with Crippen molar-refractivity contribution in [3.05, 3.63) is 0 Å². The smallest absolute Gasteiger partial charge is 0.236 e. The summed E-state index contributed by atoms with van der Waals surface area (Å²) in [6.07, 6.45) is 6.67. The fourth-order valence-electron chi connectivity index (χ4n) is 3.45. The SMILES string of the molecule is CC1CCCN(C(=O)CN2CCCC2CCCO)C1. The van der Waals surface area contributed by atoms with E-state index in [1.165, 1.54) is 19.3 Å². The number of carbonyl (C=O) groups is 1. The molecule has 1 amide bonds. The van der Waals surface area contributed by atoms with Crippen molar-refractivity contribution in [2.24, 2.45) is 5.92 Å². The molecular weight excluding hydrogens is 240 g/mol. The summed E-state index contributed by atoms with van der Waals surface area (Å²) in [5, 5.41) is 8.93. The van der Waals surface area contributed by atoms with Crippen molar-refractivity contribution in [2.75, 3.05) is 32.8 Å². The van der Waals surface area contributed by atoms with E-state index in [0.717, 1.165) is 38.9 Å². The van der Waals surface area contributed by atoms with E-state index in [-0.39, 0.29) is 6.61 Å². The molecule has 1 N–H and O–H groups in total. The number of hydrogen-bond acceptors (Lipinski definition) is 3. The first-order valence-electron chi connectivity index (χ1n) is 7.83. The maximum absolute atomic E-state index is 12.4. The molecule has 2 saturated heterocycles. The van der Waals surface area contributed by atoms with E-state index in [2.05, 4.69) is 16.7 Å². The highest BCUT2D eigenvalue weighted by Gasteiger charge is 2.28. The Morgan fingerprint density at radius 1 is 1.26 bits per heavy atom. The second-order valence-corrected chi connectivity index (χ2v) is 6.22. The number of piperidine rings is 1. The molecule has 0 aromatic heterocycles. The Hall–Kier alpha value is -0.610. The van der Waals surface area contributed by atoms with Gasteiger partial charge in [0.2, 0.25) is 5.91 Å². The summed E-state index contributed by atoms with van der Waals surface area (Å²) in [4.78, 5) is 16.7. The first kappa shape index (κ1) is 14.8. The lowest BCUT2D eigenvalue weighted by molar-refractivity contribution is -0.134. The maximum atomic E-state index is 12.4. The van der Waals surface area contributed by atoms with Gasteiger partial charge in [0.15, 0.2) is 0 Å². The van der Waals surface area contributed by atoms with Crippen LogP contribution < -0.4 is 0 Å². The molecule has 2 unspecified atom stereocenters. The van der Waals surface area contributed by atoms with Gasteiger partial charge >= 0.3 is 0 Å². The lowest BCUT2D eigenvalue weighted by Crippen LogP contribution is -2.45. The van der Waals surface area contributed by atoms with Crippen LogP contribution in [-0.2, 0) is 4.79 Å². The van der Waals surface area contributed by atoms with E-state index in [9.17, 15) is 4.79 Å². The van der Waals surface area contributed by atoms with Crippen LogP contribution in [0.5, 0.6) is 0 Å². The Morgan fingerprint density at radius 3 is 2.79 bits per heavy atom. The molecule has 2 fully saturated rings. The highest BCUT2D eigenvalue weighted by molar-refractivity contribution is 5.78. The molecule has 2 heterocycles. The van der Waals surface area contributed by atoms with E-state index < -0.39 is 0 Å². The minimum atomic E-state index is 0.266. The van der Waals surface area contributed by atoms with Crippen molar-refractivity contribution in [2.45, 2.75) is 51.5 Å². The highest BCUT2D eigenvalue weighted by Crippen LogP contribution is 2.22. The minimum Gasteiger partial charge on any atom is -0.396 e. The molecule has 4 nitrogen and oxygen atoms in total. The summed E-state index contributed by atoms with van der Waals surface area (Å²) in [6.45, 7) is 6.02. The van der Waals surface area contributed by atoms with Gasteiger partial charge in [-0.25, -0.2) is 0 Å². The summed E-state index contributed by atoms with van der Waals surface area (Å²) in [7, 11) is 0. The molecule has 2 atom stereocenters. The summed E-state index contributed by atoms with van der Waals surface area (Å²) >= 11 is 0. The number of aliphatic hydroxyl groups is 1. The third-order valence-corrected chi connectivity index (χ3v) is 4.54. The third kappa shape index (κ3) is 4.18. The van der Waals surface area contributed by atoms with E-state index in [4.69, 9.17) is 5.11 Å². The number of rotatable bonds is 5. The van der Waals surface area contributed by atoms with Crippen molar-refractivity contribution < 1.29 is 9.90 Å². The van der Waals surface area contributed by atoms with Gasteiger partial charge in [0.1, 0.15) is 0 Å². The zero-order valence-electron chi connectivity index (χ0n) is 12.2. The first-order valence-corrected chi connectivity index (χ1v) is 7.83. The fraction of sp³-hybridized carbons (Fsp3) is 0.933. The molecule has 0 aromatic rings. The van der Waals surface area contributed by atoms with Crippen LogP contribution in [0, 0.1) is 5.92 Å². The second-order valence-electron chi connectivity index (χ2n) is 6.22. The quantitative estimate of drug-likeness (QED) is 0.821. The molecule has 0 aromatic carbocycles. The lowest BCUT2D eigenvalue weighted by atomic mass is 10.0. The van der Waals surface area contributed by atoms with E-state index in [1.807, 2.05) is 0 Å². The zero-order valence-corrected chi connectivity index (χ0v) is 12.2. The van der Waals surface area contributed by atoms with E-state index in [1.54, 1.807) is 0 Å². The number of nitrogens with zero attached hydrogens (tertiary/aromatic N) is 2. The summed E-state index contributed by atoms with van der Waals surface area (Å²) in [5.74, 6) is 0.962.